The van der Waals surface area contributed by atoms with Crippen molar-refractivity contribution in [3.8, 4) is 0 Å². The highest BCUT2D eigenvalue weighted by Gasteiger charge is 2.06. The maximum absolute atomic E-state index is 3.68. The highest BCUT2D eigenvalue weighted by Crippen LogP contribution is 2.20. The summed E-state index contributed by atoms with van der Waals surface area (Å²) >= 11 is 0. The first-order valence-electron chi connectivity index (χ1n) is 9.50. The fourth-order valence-electron chi connectivity index (χ4n) is 2.95. The minimum atomic E-state index is 0.583. The van der Waals surface area contributed by atoms with E-state index in [1.54, 1.807) is 0 Å². The number of hydrogen-bond donors (Lipinski definition) is 2. The maximum Gasteiger partial charge on any atom is 0.0385 e. The topological polar surface area (TPSA) is 24.1 Å². The Labute approximate surface area is 147 Å². The molecule has 0 saturated carbocycles. The quantitative estimate of drug-likeness (QED) is 0.436. The summed E-state index contributed by atoms with van der Waals surface area (Å²) in [6.45, 7) is 4.54. The summed E-state index contributed by atoms with van der Waals surface area (Å²) in [6, 6.07) is 19.5. The van der Waals surface area contributed by atoms with Gasteiger partial charge in [-0.15, -0.1) is 0 Å². The van der Waals surface area contributed by atoms with Crippen LogP contribution in [0, 0.1) is 0 Å². The summed E-state index contributed by atoms with van der Waals surface area (Å²) < 4.78 is 0. The molecular weight excluding hydrogens is 292 g/mol. The monoisotopic (exact) mass is 324 g/mol. The number of benzene rings is 2. The first kappa shape index (κ1) is 18.4. The van der Waals surface area contributed by atoms with Crippen molar-refractivity contribution in [2.24, 2.45) is 0 Å². The predicted molar refractivity (Wildman–Crippen MR) is 107 cm³/mol. The third kappa shape index (κ3) is 6.66. The molecule has 2 nitrogen and oxygen atoms in total. The molecule has 0 saturated heterocycles. The number of hydrogen-bond acceptors (Lipinski definition) is 2. The van der Waals surface area contributed by atoms with Crippen molar-refractivity contribution < 1.29 is 0 Å². The molecule has 2 aromatic rings. The van der Waals surface area contributed by atoms with E-state index in [1.165, 1.54) is 50.6 Å². The van der Waals surface area contributed by atoms with Crippen LogP contribution in [-0.4, -0.2) is 6.04 Å². The van der Waals surface area contributed by atoms with Crippen LogP contribution in [0.25, 0.3) is 0 Å². The predicted octanol–water partition coefficient (Wildman–Crippen LogP) is 6.98. The Hall–Kier alpha value is -1.96. The summed E-state index contributed by atoms with van der Waals surface area (Å²) in [5, 5.41) is 7.11. The smallest absolute Gasteiger partial charge is 0.0385 e. The fraction of sp³-hybridized carbons (Fsp3) is 0.455. The van der Waals surface area contributed by atoms with Gasteiger partial charge in [-0.25, -0.2) is 0 Å². The molecule has 0 amide bonds. The molecule has 1 atom stereocenters. The van der Waals surface area contributed by atoms with Crippen LogP contribution >= 0.6 is 0 Å². The van der Waals surface area contributed by atoms with Gasteiger partial charge in [0.2, 0.25) is 0 Å². The van der Waals surface area contributed by atoms with Crippen molar-refractivity contribution >= 4 is 17.1 Å². The number of nitrogens with one attached hydrogen (secondary N) is 2. The number of para-hydroxylation sites is 1. The van der Waals surface area contributed by atoms with Crippen LogP contribution in [-0.2, 0) is 0 Å². The number of rotatable bonds is 11. The van der Waals surface area contributed by atoms with Gasteiger partial charge in [-0.2, -0.15) is 0 Å². The molecule has 0 aliphatic rings. The van der Waals surface area contributed by atoms with Gasteiger partial charge >= 0.3 is 0 Å². The molecule has 130 valence electrons. The van der Waals surface area contributed by atoms with E-state index in [2.05, 4.69) is 60.9 Å². The molecule has 0 radical (unpaired) electrons. The largest absolute Gasteiger partial charge is 0.382 e. The summed E-state index contributed by atoms with van der Waals surface area (Å²) in [7, 11) is 0. The van der Waals surface area contributed by atoms with Crippen LogP contribution in [0.5, 0.6) is 0 Å². The summed E-state index contributed by atoms with van der Waals surface area (Å²) in [6.07, 6.45) is 9.22. The molecule has 2 heteroatoms. The highest BCUT2D eigenvalue weighted by atomic mass is 14.9. The SMILES string of the molecule is CCCCCCCC(CC)Nc1ccc(Nc2ccccc2)cc1. The molecule has 1 unspecified atom stereocenters. The lowest BCUT2D eigenvalue weighted by Gasteiger charge is -2.18. The number of anilines is 3. The van der Waals surface area contributed by atoms with Crippen molar-refractivity contribution in [3.05, 3.63) is 54.6 Å². The van der Waals surface area contributed by atoms with E-state index in [-0.39, 0.29) is 0 Å². The Morgan fingerprint density at radius 1 is 0.708 bits per heavy atom. The van der Waals surface area contributed by atoms with Gasteiger partial charge < -0.3 is 10.6 Å². The molecule has 0 spiro atoms. The Balaban J connectivity index is 1.79. The van der Waals surface area contributed by atoms with Crippen LogP contribution in [0.2, 0.25) is 0 Å². The standard InChI is InChI=1S/C22H32N2/c1-3-5-6-7-9-12-19(4-2)23-21-15-17-22(18-16-21)24-20-13-10-8-11-14-20/h8,10-11,13-19,23-24H,3-7,9,12H2,1-2H3. The Morgan fingerprint density at radius 2 is 1.33 bits per heavy atom. The van der Waals surface area contributed by atoms with E-state index in [9.17, 15) is 0 Å². The van der Waals surface area contributed by atoms with Gasteiger partial charge in [0.25, 0.3) is 0 Å². The van der Waals surface area contributed by atoms with E-state index < -0.39 is 0 Å². The summed E-state index contributed by atoms with van der Waals surface area (Å²) in [5.41, 5.74) is 3.46. The van der Waals surface area contributed by atoms with Crippen molar-refractivity contribution in [3.63, 3.8) is 0 Å². The second-order valence-corrected chi connectivity index (χ2v) is 6.52. The van der Waals surface area contributed by atoms with E-state index >= 15 is 0 Å². The number of unbranched alkanes of at least 4 members (excludes halogenated alkanes) is 4. The minimum Gasteiger partial charge on any atom is -0.382 e. The lowest BCUT2D eigenvalue weighted by Crippen LogP contribution is -2.18. The van der Waals surface area contributed by atoms with Crippen LogP contribution in [0.4, 0.5) is 17.1 Å². The second kappa shape index (κ2) is 10.7. The molecule has 2 aromatic carbocycles. The molecule has 2 rings (SSSR count). The third-order valence-corrected chi connectivity index (χ3v) is 4.47. The fourth-order valence-corrected chi connectivity index (χ4v) is 2.95. The van der Waals surface area contributed by atoms with Gasteiger partial charge in [0.1, 0.15) is 0 Å². The van der Waals surface area contributed by atoms with Crippen LogP contribution in [0.3, 0.4) is 0 Å². The normalized spacial score (nSPS) is 11.9. The van der Waals surface area contributed by atoms with Gasteiger partial charge in [0.15, 0.2) is 0 Å². The van der Waals surface area contributed by atoms with E-state index in [0.717, 1.165) is 11.4 Å². The molecule has 0 fully saturated rings. The van der Waals surface area contributed by atoms with Crippen LogP contribution in [0.15, 0.2) is 54.6 Å². The van der Waals surface area contributed by atoms with Crippen molar-refractivity contribution in [1.82, 2.24) is 0 Å². The van der Waals surface area contributed by atoms with E-state index in [0.29, 0.717) is 6.04 Å². The zero-order valence-corrected chi connectivity index (χ0v) is 15.2. The highest BCUT2D eigenvalue weighted by molar-refractivity contribution is 5.62. The van der Waals surface area contributed by atoms with Gasteiger partial charge in [0.05, 0.1) is 0 Å². The van der Waals surface area contributed by atoms with Gasteiger partial charge in [0, 0.05) is 23.1 Å². The van der Waals surface area contributed by atoms with Gasteiger partial charge in [-0.3, -0.25) is 0 Å². The lowest BCUT2D eigenvalue weighted by atomic mass is 10.0. The molecule has 0 bridgehead atoms. The van der Waals surface area contributed by atoms with Crippen LogP contribution < -0.4 is 10.6 Å². The molecule has 0 aromatic heterocycles. The first-order chi connectivity index (χ1) is 11.8. The van der Waals surface area contributed by atoms with E-state index in [1.807, 2.05) is 18.2 Å². The molecule has 0 aliphatic carbocycles. The molecule has 0 aliphatic heterocycles. The zero-order valence-electron chi connectivity index (χ0n) is 15.2. The van der Waals surface area contributed by atoms with Crippen molar-refractivity contribution in [2.75, 3.05) is 10.6 Å². The van der Waals surface area contributed by atoms with E-state index in [4.69, 9.17) is 0 Å². The summed E-state index contributed by atoms with van der Waals surface area (Å²) in [4.78, 5) is 0. The zero-order chi connectivity index (χ0) is 17.0. The summed E-state index contributed by atoms with van der Waals surface area (Å²) in [5.74, 6) is 0. The van der Waals surface area contributed by atoms with Crippen molar-refractivity contribution in [1.29, 1.82) is 0 Å². The van der Waals surface area contributed by atoms with Gasteiger partial charge in [-0.1, -0.05) is 64.2 Å². The molecule has 2 N–H and O–H groups in total. The Morgan fingerprint density at radius 3 is 2.00 bits per heavy atom. The first-order valence-corrected chi connectivity index (χ1v) is 9.50. The second-order valence-electron chi connectivity index (χ2n) is 6.52. The molecule has 0 heterocycles. The maximum atomic E-state index is 3.68. The molecular formula is C22H32N2. The van der Waals surface area contributed by atoms with Crippen LogP contribution in [0.1, 0.15) is 58.8 Å². The third-order valence-electron chi connectivity index (χ3n) is 4.47. The van der Waals surface area contributed by atoms with Gasteiger partial charge in [-0.05, 0) is 49.2 Å². The molecule has 24 heavy (non-hydrogen) atoms. The Kier molecular flexibility index (Phi) is 8.23. The average Bonchev–Trinajstić information content (AvgIpc) is 2.63. The average molecular weight is 325 g/mol. The van der Waals surface area contributed by atoms with Crippen molar-refractivity contribution in [2.45, 2.75) is 64.8 Å². The lowest BCUT2D eigenvalue weighted by molar-refractivity contribution is 0.551. The minimum absolute atomic E-state index is 0.583. The Bertz CT molecular complexity index is 548.